The highest BCUT2D eigenvalue weighted by atomic mass is 79.9. The van der Waals surface area contributed by atoms with Gasteiger partial charge in [0.05, 0.1) is 18.2 Å². The fourth-order valence-corrected chi connectivity index (χ4v) is 3.84. The van der Waals surface area contributed by atoms with Gasteiger partial charge in [0.2, 0.25) is 0 Å². The number of esters is 1. The number of aromatic nitrogens is 3. The molecule has 0 bridgehead atoms. The van der Waals surface area contributed by atoms with Gasteiger partial charge >= 0.3 is 5.97 Å². The molecule has 6 nitrogen and oxygen atoms in total. The van der Waals surface area contributed by atoms with Gasteiger partial charge in [-0.3, -0.25) is 4.57 Å². The number of methoxy groups -OCH3 is 1. The fraction of sp³-hybridized carbons (Fsp3) is 0.150. The fourth-order valence-electron chi connectivity index (χ4n) is 2.58. The second-order valence-corrected chi connectivity index (χ2v) is 7.70. The molecule has 3 rings (SSSR count). The van der Waals surface area contributed by atoms with E-state index in [1.807, 2.05) is 16.7 Å². The summed E-state index contributed by atoms with van der Waals surface area (Å²) in [4.78, 5) is 11.5. The average Bonchev–Trinajstić information content (AvgIpc) is 3.10. The zero-order valence-electron chi connectivity index (χ0n) is 15.1. The number of nitrogens with zero attached hydrogens (tertiary/aromatic N) is 3. The minimum Gasteiger partial charge on any atom is -0.507 e. The standard InChI is InChI=1S/C20H18BrN3O3S/c1-3-10-24-18(16-11-15(21)8-9-17(16)25)22-23-20(24)28-12-13-4-6-14(7-5-13)19(26)27-2/h3-9,11,25H,1,10,12H2,2H3. The third-order valence-electron chi connectivity index (χ3n) is 3.97. The van der Waals surface area contributed by atoms with E-state index < -0.39 is 0 Å². The van der Waals surface area contributed by atoms with Gasteiger partial charge in [0.25, 0.3) is 0 Å². The van der Waals surface area contributed by atoms with Gasteiger partial charge in [-0.2, -0.15) is 0 Å². The minimum absolute atomic E-state index is 0.135. The van der Waals surface area contributed by atoms with E-state index in [1.165, 1.54) is 18.9 Å². The van der Waals surface area contributed by atoms with E-state index in [2.05, 4.69) is 32.7 Å². The van der Waals surface area contributed by atoms with Crippen LogP contribution in [-0.4, -0.2) is 33.0 Å². The topological polar surface area (TPSA) is 77.2 Å². The Morgan fingerprint density at radius 1 is 1.29 bits per heavy atom. The summed E-state index contributed by atoms with van der Waals surface area (Å²) in [5.41, 5.74) is 2.15. The lowest BCUT2D eigenvalue weighted by molar-refractivity contribution is 0.0600. The van der Waals surface area contributed by atoms with Gasteiger partial charge in [-0.15, -0.1) is 16.8 Å². The number of hydrogen-bond donors (Lipinski definition) is 1. The second-order valence-electron chi connectivity index (χ2n) is 5.84. The molecule has 0 aliphatic rings. The normalized spacial score (nSPS) is 10.6. The van der Waals surface area contributed by atoms with Gasteiger partial charge in [-0.05, 0) is 35.9 Å². The molecule has 2 aromatic carbocycles. The molecule has 28 heavy (non-hydrogen) atoms. The van der Waals surface area contributed by atoms with E-state index in [4.69, 9.17) is 4.74 Å². The van der Waals surface area contributed by atoms with Crippen LogP contribution < -0.4 is 0 Å². The Hall–Kier alpha value is -2.58. The van der Waals surface area contributed by atoms with Crippen LogP contribution in [0.1, 0.15) is 15.9 Å². The second kappa shape index (κ2) is 9.07. The molecule has 1 aromatic heterocycles. The van der Waals surface area contributed by atoms with Gasteiger partial charge in [0, 0.05) is 16.8 Å². The lowest BCUT2D eigenvalue weighted by atomic mass is 10.1. The van der Waals surface area contributed by atoms with E-state index in [0.717, 1.165) is 10.0 Å². The number of thioether (sulfide) groups is 1. The smallest absolute Gasteiger partial charge is 0.337 e. The van der Waals surface area contributed by atoms with Crippen molar-refractivity contribution in [1.29, 1.82) is 0 Å². The van der Waals surface area contributed by atoms with Crippen LogP contribution in [0.5, 0.6) is 5.75 Å². The third-order valence-corrected chi connectivity index (χ3v) is 5.50. The number of allylic oxidation sites excluding steroid dienone is 1. The molecular formula is C20H18BrN3O3S. The molecule has 0 saturated carbocycles. The Morgan fingerprint density at radius 3 is 2.71 bits per heavy atom. The van der Waals surface area contributed by atoms with E-state index in [1.54, 1.807) is 36.4 Å². The van der Waals surface area contributed by atoms with Crippen molar-refractivity contribution in [3.05, 3.63) is 70.7 Å². The molecule has 8 heteroatoms. The van der Waals surface area contributed by atoms with Crippen molar-refractivity contribution in [3.8, 4) is 17.1 Å². The van der Waals surface area contributed by atoms with Crippen LogP contribution in [0.2, 0.25) is 0 Å². The summed E-state index contributed by atoms with van der Waals surface area (Å²) in [6.45, 7) is 4.31. The number of carbonyl (C=O) groups excluding carboxylic acids is 1. The summed E-state index contributed by atoms with van der Waals surface area (Å²) in [5.74, 6) is 1.00. The molecule has 0 amide bonds. The quantitative estimate of drug-likeness (QED) is 0.314. The first-order valence-electron chi connectivity index (χ1n) is 8.36. The van der Waals surface area contributed by atoms with Crippen molar-refractivity contribution >= 4 is 33.7 Å². The molecule has 144 valence electrons. The Kier molecular flexibility index (Phi) is 6.53. The zero-order chi connectivity index (χ0) is 20.1. The van der Waals surface area contributed by atoms with Gasteiger partial charge < -0.3 is 9.84 Å². The molecule has 0 fully saturated rings. The predicted octanol–water partition coefficient (Wildman–Crippen LogP) is 4.68. The van der Waals surface area contributed by atoms with Crippen molar-refractivity contribution in [1.82, 2.24) is 14.8 Å². The lowest BCUT2D eigenvalue weighted by Crippen LogP contribution is -2.01. The summed E-state index contributed by atoms with van der Waals surface area (Å²) in [5, 5.41) is 19.5. The number of carbonyl (C=O) groups is 1. The maximum Gasteiger partial charge on any atom is 0.337 e. The summed E-state index contributed by atoms with van der Waals surface area (Å²) in [6, 6.07) is 12.4. The molecule has 1 N–H and O–H groups in total. The van der Waals surface area contributed by atoms with Gasteiger partial charge in [0.15, 0.2) is 11.0 Å². The van der Waals surface area contributed by atoms with Crippen molar-refractivity contribution in [2.75, 3.05) is 7.11 Å². The first-order valence-corrected chi connectivity index (χ1v) is 10.1. The highest BCUT2D eigenvalue weighted by Crippen LogP contribution is 2.33. The summed E-state index contributed by atoms with van der Waals surface area (Å²) >= 11 is 4.94. The number of hydrogen-bond acceptors (Lipinski definition) is 6. The molecule has 0 atom stereocenters. The monoisotopic (exact) mass is 459 g/mol. The van der Waals surface area contributed by atoms with E-state index in [-0.39, 0.29) is 11.7 Å². The van der Waals surface area contributed by atoms with Crippen molar-refractivity contribution in [2.45, 2.75) is 17.5 Å². The third kappa shape index (κ3) is 4.45. The van der Waals surface area contributed by atoms with Crippen LogP contribution >= 0.6 is 27.7 Å². The Balaban J connectivity index is 1.83. The number of benzene rings is 2. The Labute approximate surface area is 175 Å². The Bertz CT molecular complexity index is 1000. The summed E-state index contributed by atoms with van der Waals surface area (Å²) in [6.07, 6.45) is 1.76. The zero-order valence-corrected chi connectivity index (χ0v) is 17.5. The number of ether oxygens (including phenoxy) is 1. The van der Waals surface area contributed by atoms with Crippen molar-refractivity contribution < 1.29 is 14.6 Å². The number of phenolic OH excluding ortho intramolecular Hbond substituents is 1. The van der Waals surface area contributed by atoms with Crippen molar-refractivity contribution in [2.24, 2.45) is 0 Å². The first-order chi connectivity index (χ1) is 13.5. The maximum atomic E-state index is 11.5. The summed E-state index contributed by atoms with van der Waals surface area (Å²) < 4.78 is 7.46. The number of rotatable bonds is 7. The van der Waals surface area contributed by atoms with Gasteiger partial charge in [0.1, 0.15) is 5.75 Å². The van der Waals surface area contributed by atoms with E-state index >= 15 is 0 Å². The van der Waals surface area contributed by atoms with Crippen LogP contribution in [0.4, 0.5) is 0 Å². The van der Waals surface area contributed by atoms with E-state index in [0.29, 0.717) is 34.4 Å². The largest absolute Gasteiger partial charge is 0.507 e. The molecule has 0 unspecified atom stereocenters. The van der Waals surface area contributed by atoms with Crippen LogP contribution in [0.25, 0.3) is 11.4 Å². The lowest BCUT2D eigenvalue weighted by Gasteiger charge is -2.09. The van der Waals surface area contributed by atoms with Gasteiger partial charge in [-0.1, -0.05) is 45.9 Å². The SMILES string of the molecule is C=CCn1c(SCc2ccc(C(=O)OC)cc2)nnc1-c1cc(Br)ccc1O. The molecule has 1 heterocycles. The Morgan fingerprint density at radius 2 is 2.04 bits per heavy atom. The molecule has 3 aromatic rings. The number of phenols is 1. The maximum absolute atomic E-state index is 11.5. The predicted molar refractivity (Wildman–Crippen MR) is 112 cm³/mol. The molecule has 0 saturated heterocycles. The number of halogens is 1. The van der Waals surface area contributed by atoms with Crippen LogP contribution in [0.15, 0.2) is 64.7 Å². The van der Waals surface area contributed by atoms with E-state index in [9.17, 15) is 9.90 Å². The molecule has 0 aliphatic carbocycles. The molecular weight excluding hydrogens is 442 g/mol. The van der Waals surface area contributed by atoms with Crippen LogP contribution in [-0.2, 0) is 17.0 Å². The first kappa shape index (κ1) is 20.2. The van der Waals surface area contributed by atoms with Crippen LogP contribution in [0.3, 0.4) is 0 Å². The average molecular weight is 460 g/mol. The van der Waals surface area contributed by atoms with Crippen LogP contribution in [0, 0.1) is 0 Å². The minimum atomic E-state index is -0.358. The summed E-state index contributed by atoms with van der Waals surface area (Å²) in [7, 11) is 1.36. The molecule has 0 spiro atoms. The van der Waals surface area contributed by atoms with Gasteiger partial charge in [-0.25, -0.2) is 4.79 Å². The molecule has 0 aliphatic heterocycles. The number of aromatic hydroxyl groups is 1. The highest BCUT2D eigenvalue weighted by Gasteiger charge is 2.17. The van der Waals surface area contributed by atoms with Crippen molar-refractivity contribution in [3.63, 3.8) is 0 Å². The molecule has 0 radical (unpaired) electrons. The highest BCUT2D eigenvalue weighted by molar-refractivity contribution is 9.10.